The Morgan fingerprint density at radius 2 is 1.88 bits per heavy atom. The zero-order chi connectivity index (χ0) is 22.6. The molecule has 4 heterocycles. The van der Waals surface area contributed by atoms with Gasteiger partial charge in [-0.3, -0.25) is 4.90 Å². The maximum Gasteiger partial charge on any atom is 0.157 e. The maximum atomic E-state index is 10.5. The number of aliphatic hydroxyl groups is 1. The Morgan fingerprint density at radius 1 is 1.06 bits per heavy atom. The molecular weight excluding hydrogens is 484 g/mol. The van der Waals surface area contributed by atoms with Crippen molar-refractivity contribution in [2.75, 3.05) is 44.2 Å². The van der Waals surface area contributed by atoms with Crippen molar-refractivity contribution in [2.45, 2.75) is 6.10 Å². The first-order chi connectivity index (χ1) is 16.1. The van der Waals surface area contributed by atoms with E-state index in [1.54, 1.807) is 6.20 Å². The number of nitrogens with one attached hydrogen (secondary N) is 1. The lowest BCUT2D eigenvalue weighted by atomic mass is 10.2. The number of benzene rings is 1. The highest BCUT2D eigenvalue weighted by atomic mass is 79.9. The van der Waals surface area contributed by atoms with Crippen LogP contribution in [-0.2, 0) is 0 Å². The number of aromatic amines is 1. The number of rotatable bonds is 7. The van der Waals surface area contributed by atoms with Gasteiger partial charge in [0, 0.05) is 55.2 Å². The van der Waals surface area contributed by atoms with Crippen molar-refractivity contribution in [3.8, 4) is 17.1 Å². The Kier molecular flexibility index (Phi) is 6.52. The van der Waals surface area contributed by atoms with E-state index in [2.05, 4.69) is 45.7 Å². The second-order valence-corrected chi connectivity index (χ2v) is 8.99. The van der Waals surface area contributed by atoms with Gasteiger partial charge in [-0.2, -0.15) is 0 Å². The third-order valence-corrected chi connectivity index (χ3v) is 6.12. The predicted octanol–water partition coefficient (Wildman–Crippen LogP) is 3.34. The van der Waals surface area contributed by atoms with E-state index in [-0.39, 0.29) is 6.61 Å². The van der Waals surface area contributed by atoms with E-state index in [1.807, 2.05) is 54.7 Å². The number of anilines is 1. The van der Waals surface area contributed by atoms with Gasteiger partial charge in [0.15, 0.2) is 5.65 Å². The summed E-state index contributed by atoms with van der Waals surface area (Å²) >= 11 is 3.42. The van der Waals surface area contributed by atoms with Crippen molar-refractivity contribution >= 4 is 32.9 Å². The van der Waals surface area contributed by atoms with Crippen molar-refractivity contribution in [2.24, 2.45) is 0 Å². The number of aromatic nitrogens is 4. The molecule has 33 heavy (non-hydrogen) atoms. The smallest absolute Gasteiger partial charge is 0.157 e. The molecule has 1 unspecified atom stereocenters. The molecule has 4 aromatic rings. The fourth-order valence-corrected chi connectivity index (χ4v) is 4.28. The molecule has 2 N–H and O–H groups in total. The standard InChI is InChI=1S/C24H25BrN6O2/c25-18-13-21-24(27-14-18)29-23(28-21)17-4-6-20(7-5-17)33-16-19(32)15-30-9-11-31(12-10-30)22-3-1-2-8-26-22/h1-8,13-14,19,32H,9-12,15-16H2,(H,27,28,29). The number of hydrogen-bond donors (Lipinski definition) is 2. The molecule has 0 aliphatic carbocycles. The number of ether oxygens (including phenoxy) is 1. The highest BCUT2D eigenvalue weighted by molar-refractivity contribution is 9.10. The first kappa shape index (κ1) is 21.8. The number of β-amino-alcohol motifs (C(OH)–C–C–N with tert-alkyl or cyclic N) is 1. The molecule has 8 nitrogen and oxygen atoms in total. The van der Waals surface area contributed by atoms with Gasteiger partial charge in [-0.25, -0.2) is 15.0 Å². The van der Waals surface area contributed by atoms with Crippen molar-refractivity contribution in [1.29, 1.82) is 0 Å². The van der Waals surface area contributed by atoms with Crippen molar-refractivity contribution < 1.29 is 9.84 Å². The highest BCUT2D eigenvalue weighted by Gasteiger charge is 2.20. The van der Waals surface area contributed by atoms with Crippen LogP contribution in [0.1, 0.15) is 0 Å². The van der Waals surface area contributed by atoms with Crippen LogP contribution >= 0.6 is 15.9 Å². The number of pyridine rings is 2. The molecule has 0 saturated carbocycles. The molecule has 3 aromatic heterocycles. The van der Waals surface area contributed by atoms with Gasteiger partial charge < -0.3 is 19.7 Å². The number of aliphatic hydroxyl groups excluding tert-OH is 1. The summed E-state index contributed by atoms with van der Waals surface area (Å²) in [6.45, 7) is 4.44. The molecule has 9 heteroatoms. The zero-order valence-corrected chi connectivity index (χ0v) is 19.6. The molecule has 1 aromatic carbocycles. The number of halogens is 1. The minimum absolute atomic E-state index is 0.252. The number of hydrogen-bond acceptors (Lipinski definition) is 7. The largest absolute Gasteiger partial charge is 0.491 e. The molecule has 170 valence electrons. The van der Waals surface area contributed by atoms with Gasteiger partial charge in [-0.1, -0.05) is 6.07 Å². The summed E-state index contributed by atoms with van der Waals surface area (Å²) in [5.74, 6) is 2.48. The van der Waals surface area contributed by atoms with Gasteiger partial charge in [0.1, 0.15) is 35.6 Å². The van der Waals surface area contributed by atoms with Crippen molar-refractivity contribution in [3.05, 3.63) is 65.4 Å². The topological polar surface area (TPSA) is 90.4 Å². The number of imidazole rings is 1. The summed E-state index contributed by atoms with van der Waals surface area (Å²) in [5.41, 5.74) is 2.50. The van der Waals surface area contributed by atoms with Crippen LogP contribution in [0.2, 0.25) is 0 Å². The maximum absolute atomic E-state index is 10.5. The van der Waals surface area contributed by atoms with Gasteiger partial charge in [0.2, 0.25) is 0 Å². The summed E-state index contributed by atoms with van der Waals surface area (Å²) in [5, 5.41) is 10.5. The second kappa shape index (κ2) is 9.86. The molecule has 0 spiro atoms. The van der Waals surface area contributed by atoms with Crippen molar-refractivity contribution in [3.63, 3.8) is 0 Å². The van der Waals surface area contributed by atoms with E-state index in [0.29, 0.717) is 6.54 Å². The van der Waals surface area contributed by atoms with Crippen LogP contribution in [0.4, 0.5) is 5.82 Å². The number of fused-ring (bicyclic) bond motifs is 1. The van der Waals surface area contributed by atoms with Crippen LogP contribution in [0, 0.1) is 0 Å². The second-order valence-electron chi connectivity index (χ2n) is 8.07. The summed E-state index contributed by atoms with van der Waals surface area (Å²) in [7, 11) is 0. The third-order valence-electron chi connectivity index (χ3n) is 5.69. The monoisotopic (exact) mass is 508 g/mol. The molecule has 1 atom stereocenters. The molecule has 1 aliphatic heterocycles. The first-order valence-corrected chi connectivity index (χ1v) is 11.7. The number of nitrogens with zero attached hydrogens (tertiary/aromatic N) is 5. The fourth-order valence-electron chi connectivity index (χ4n) is 3.96. The normalized spacial score (nSPS) is 15.6. The van der Waals surface area contributed by atoms with E-state index in [1.165, 1.54) is 0 Å². The van der Waals surface area contributed by atoms with Gasteiger partial charge >= 0.3 is 0 Å². The zero-order valence-electron chi connectivity index (χ0n) is 18.1. The molecular formula is C24H25BrN6O2. The van der Waals surface area contributed by atoms with Crippen LogP contribution in [0.25, 0.3) is 22.6 Å². The summed E-state index contributed by atoms with van der Waals surface area (Å²) in [4.78, 5) is 21.1. The molecule has 1 saturated heterocycles. The fraction of sp³-hybridized carbons (Fsp3) is 0.292. The minimum atomic E-state index is -0.550. The van der Waals surface area contributed by atoms with Crippen LogP contribution in [-0.4, -0.2) is 75.4 Å². The lowest BCUT2D eigenvalue weighted by Crippen LogP contribution is -2.49. The Bertz CT molecular complexity index is 1190. The van der Waals surface area contributed by atoms with E-state index < -0.39 is 6.10 Å². The number of H-pyrrole nitrogens is 1. The quantitative estimate of drug-likeness (QED) is 0.395. The van der Waals surface area contributed by atoms with E-state index in [4.69, 9.17) is 4.74 Å². The molecule has 1 fully saturated rings. The molecule has 1 aliphatic rings. The Morgan fingerprint density at radius 3 is 2.64 bits per heavy atom. The molecule has 0 radical (unpaired) electrons. The SMILES string of the molecule is OC(COc1ccc(-c2nc3cc(Br)cnc3[nH]2)cc1)CN1CCN(c2ccccn2)CC1. The van der Waals surface area contributed by atoms with Crippen LogP contribution in [0.5, 0.6) is 5.75 Å². The molecule has 0 amide bonds. The van der Waals surface area contributed by atoms with E-state index in [9.17, 15) is 5.11 Å². The number of piperazine rings is 1. The van der Waals surface area contributed by atoms with Gasteiger partial charge in [-0.15, -0.1) is 0 Å². The summed E-state index contributed by atoms with van der Waals surface area (Å²) in [6, 6.07) is 15.6. The summed E-state index contributed by atoms with van der Waals surface area (Å²) < 4.78 is 6.71. The van der Waals surface area contributed by atoms with Gasteiger partial charge in [-0.05, 0) is 58.4 Å². The predicted molar refractivity (Wildman–Crippen MR) is 131 cm³/mol. The Balaban J connectivity index is 1.10. The van der Waals surface area contributed by atoms with Crippen molar-refractivity contribution in [1.82, 2.24) is 24.8 Å². The Hall–Kier alpha value is -3.01. The van der Waals surface area contributed by atoms with Gasteiger partial charge in [0.05, 0.1) is 0 Å². The van der Waals surface area contributed by atoms with Crippen LogP contribution in [0.15, 0.2) is 65.4 Å². The first-order valence-electron chi connectivity index (χ1n) is 10.9. The third kappa shape index (κ3) is 5.32. The molecule has 0 bridgehead atoms. The average Bonchev–Trinajstić information content (AvgIpc) is 3.27. The lowest BCUT2D eigenvalue weighted by molar-refractivity contribution is 0.0662. The van der Waals surface area contributed by atoms with Gasteiger partial charge in [0.25, 0.3) is 0 Å². The molecule has 5 rings (SSSR count). The Labute approximate surface area is 200 Å². The average molecular weight is 509 g/mol. The highest BCUT2D eigenvalue weighted by Crippen LogP contribution is 2.23. The summed E-state index contributed by atoms with van der Waals surface area (Å²) in [6.07, 6.45) is 3.01. The van der Waals surface area contributed by atoms with E-state index >= 15 is 0 Å². The van der Waals surface area contributed by atoms with Crippen LogP contribution in [0.3, 0.4) is 0 Å². The van der Waals surface area contributed by atoms with E-state index in [0.717, 1.165) is 64.8 Å². The lowest BCUT2D eigenvalue weighted by Gasteiger charge is -2.36. The van der Waals surface area contributed by atoms with Crippen LogP contribution < -0.4 is 9.64 Å². The minimum Gasteiger partial charge on any atom is -0.491 e.